The third kappa shape index (κ3) is 6.87. The van der Waals surface area contributed by atoms with Crippen molar-refractivity contribution in [3.63, 3.8) is 0 Å². The molecular weight excluding hydrogens is 264 g/mol. The van der Waals surface area contributed by atoms with Crippen molar-refractivity contribution >= 4 is 21.9 Å². The molecule has 2 N–H and O–H groups in total. The van der Waals surface area contributed by atoms with E-state index in [9.17, 15) is 15.0 Å². The molecule has 0 aromatic rings. The Labute approximate surface area is 98.8 Å². The predicted molar refractivity (Wildman–Crippen MR) is 60.6 cm³/mol. The fraction of sp³-hybridized carbons (Fsp3) is 0.900. The zero-order valence-corrected chi connectivity index (χ0v) is 10.8. The van der Waals surface area contributed by atoms with Gasteiger partial charge < -0.3 is 14.9 Å². The number of aliphatic hydroxyl groups is 2. The van der Waals surface area contributed by atoms with Crippen LogP contribution in [0.5, 0.6) is 0 Å². The van der Waals surface area contributed by atoms with Gasteiger partial charge in [-0.1, -0.05) is 36.2 Å². The fourth-order valence-corrected chi connectivity index (χ4v) is 1.19. The van der Waals surface area contributed by atoms with Crippen molar-refractivity contribution in [2.45, 2.75) is 38.9 Å². The fourth-order valence-electron chi connectivity index (χ4n) is 0.924. The van der Waals surface area contributed by atoms with Crippen LogP contribution in [-0.4, -0.2) is 33.9 Å². The highest BCUT2D eigenvalue weighted by Crippen LogP contribution is 2.12. The molecule has 0 saturated carbocycles. The molecule has 0 spiro atoms. The lowest BCUT2D eigenvalue weighted by Crippen LogP contribution is -2.36. The highest BCUT2D eigenvalue weighted by atomic mass is 79.9. The van der Waals surface area contributed by atoms with Gasteiger partial charge in [0.2, 0.25) is 0 Å². The summed E-state index contributed by atoms with van der Waals surface area (Å²) < 4.78 is 4.79. The SMILES string of the molecule is CCCCC(O)(O)COC(=O)[C@H](C)CBr. The number of hydrogen-bond acceptors (Lipinski definition) is 4. The second-order valence-electron chi connectivity index (χ2n) is 3.75. The zero-order valence-electron chi connectivity index (χ0n) is 9.20. The minimum atomic E-state index is -1.89. The smallest absolute Gasteiger partial charge is 0.309 e. The molecule has 0 aliphatic carbocycles. The standard InChI is InChI=1S/C10H19BrO4/c1-3-4-5-10(13,14)7-15-9(12)8(2)6-11/h8,13-14H,3-7H2,1-2H3/t8-/m1/s1. The first-order valence-corrected chi connectivity index (χ1v) is 6.22. The molecular formula is C10H19BrO4. The van der Waals surface area contributed by atoms with Crippen LogP contribution in [0.25, 0.3) is 0 Å². The first-order valence-electron chi connectivity index (χ1n) is 5.10. The summed E-state index contributed by atoms with van der Waals surface area (Å²) >= 11 is 3.15. The van der Waals surface area contributed by atoms with E-state index in [1.54, 1.807) is 6.92 Å². The number of hydrogen-bond donors (Lipinski definition) is 2. The van der Waals surface area contributed by atoms with Gasteiger partial charge in [-0.3, -0.25) is 4.79 Å². The van der Waals surface area contributed by atoms with E-state index in [2.05, 4.69) is 15.9 Å². The predicted octanol–water partition coefficient (Wildman–Crippen LogP) is 1.43. The lowest BCUT2D eigenvalue weighted by atomic mass is 10.1. The Morgan fingerprint density at radius 1 is 1.53 bits per heavy atom. The van der Waals surface area contributed by atoms with Crippen LogP contribution in [0.3, 0.4) is 0 Å². The summed E-state index contributed by atoms with van der Waals surface area (Å²) in [5.41, 5.74) is 0. The van der Waals surface area contributed by atoms with E-state index in [-0.39, 0.29) is 18.9 Å². The second-order valence-corrected chi connectivity index (χ2v) is 4.40. The molecule has 0 aromatic heterocycles. The van der Waals surface area contributed by atoms with Gasteiger partial charge in [0.05, 0.1) is 5.92 Å². The number of carbonyl (C=O) groups excluding carboxylic acids is 1. The Hall–Kier alpha value is -0.130. The summed E-state index contributed by atoms with van der Waals surface area (Å²) in [6.07, 6.45) is 1.78. The van der Waals surface area contributed by atoms with E-state index < -0.39 is 11.8 Å². The highest BCUT2D eigenvalue weighted by molar-refractivity contribution is 9.09. The van der Waals surface area contributed by atoms with E-state index in [0.29, 0.717) is 11.8 Å². The van der Waals surface area contributed by atoms with Gasteiger partial charge in [-0.25, -0.2) is 0 Å². The van der Waals surface area contributed by atoms with Crippen LogP contribution in [0.1, 0.15) is 33.1 Å². The average Bonchev–Trinajstić information content (AvgIpc) is 2.22. The van der Waals surface area contributed by atoms with E-state index in [0.717, 1.165) is 6.42 Å². The number of alkyl halides is 1. The van der Waals surface area contributed by atoms with Crippen LogP contribution in [0.15, 0.2) is 0 Å². The Balaban J connectivity index is 3.86. The normalized spacial score (nSPS) is 13.7. The molecule has 4 nitrogen and oxygen atoms in total. The maximum absolute atomic E-state index is 11.2. The minimum absolute atomic E-state index is 0.222. The molecule has 0 unspecified atom stereocenters. The summed E-state index contributed by atoms with van der Waals surface area (Å²) in [6, 6.07) is 0. The third-order valence-electron chi connectivity index (χ3n) is 2.01. The molecule has 0 radical (unpaired) electrons. The number of halogens is 1. The van der Waals surface area contributed by atoms with Crippen LogP contribution in [-0.2, 0) is 9.53 Å². The number of carbonyl (C=O) groups is 1. The van der Waals surface area contributed by atoms with Gasteiger partial charge in [0, 0.05) is 11.8 Å². The first-order chi connectivity index (χ1) is 6.93. The third-order valence-corrected chi connectivity index (χ3v) is 2.98. The molecule has 0 saturated heterocycles. The van der Waals surface area contributed by atoms with Crippen molar-refractivity contribution in [3.8, 4) is 0 Å². The molecule has 1 atom stereocenters. The Kier molecular flexibility index (Phi) is 7.13. The van der Waals surface area contributed by atoms with Crippen molar-refractivity contribution in [1.29, 1.82) is 0 Å². The van der Waals surface area contributed by atoms with Crippen molar-refractivity contribution in [2.75, 3.05) is 11.9 Å². The molecule has 0 amide bonds. The maximum atomic E-state index is 11.2. The number of ether oxygens (including phenoxy) is 1. The monoisotopic (exact) mass is 282 g/mol. The van der Waals surface area contributed by atoms with Crippen LogP contribution in [0.2, 0.25) is 0 Å². The molecule has 0 aromatic carbocycles. The summed E-state index contributed by atoms with van der Waals surface area (Å²) in [5, 5.41) is 19.3. The van der Waals surface area contributed by atoms with Gasteiger partial charge in [0.25, 0.3) is 0 Å². The largest absolute Gasteiger partial charge is 0.460 e. The van der Waals surface area contributed by atoms with Crippen LogP contribution >= 0.6 is 15.9 Å². The van der Waals surface area contributed by atoms with Crippen LogP contribution in [0, 0.1) is 5.92 Å². The van der Waals surface area contributed by atoms with Crippen molar-refractivity contribution in [1.82, 2.24) is 0 Å². The van der Waals surface area contributed by atoms with Gasteiger partial charge in [0.15, 0.2) is 5.79 Å². The molecule has 5 heteroatoms. The molecule has 0 heterocycles. The Morgan fingerprint density at radius 2 is 2.13 bits per heavy atom. The van der Waals surface area contributed by atoms with Gasteiger partial charge in [0.1, 0.15) is 6.61 Å². The number of rotatable bonds is 7. The van der Waals surface area contributed by atoms with Gasteiger partial charge in [-0.15, -0.1) is 0 Å². The van der Waals surface area contributed by atoms with Gasteiger partial charge in [-0.2, -0.15) is 0 Å². The molecule has 0 bridgehead atoms. The van der Waals surface area contributed by atoms with Crippen LogP contribution in [0.4, 0.5) is 0 Å². The lowest BCUT2D eigenvalue weighted by molar-refractivity contribution is -0.207. The van der Waals surface area contributed by atoms with Gasteiger partial charge in [-0.05, 0) is 6.42 Å². The van der Waals surface area contributed by atoms with E-state index in [1.165, 1.54) is 0 Å². The molecule has 0 rings (SSSR count). The summed E-state index contributed by atoms with van der Waals surface area (Å²) in [5.74, 6) is -2.58. The van der Waals surface area contributed by atoms with Crippen LogP contribution < -0.4 is 0 Å². The average molecular weight is 283 g/mol. The molecule has 0 fully saturated rings. The summed E-state index contributed by atoms with van der Waals surface area (Å²) in [6.45, 7) is 3.30. The van der Waals surface area contributed by atoms with Crippen molar-refractivity contribution in [2.24, 2.45) is 5.92 Å². The second kappa shape index (κ2) is 7.19. The Morgan fingerprint density at radius 3 is 2.60 bits per heavy atom. The van der Waals surface area contributed by atoms with Crippen molar-refractivity contribution < 1.29 is 19.7 Å². The summed E-state index contributed by atoms with van der Waals surface area (Å²) in [7, 11) is 0. The maximum Gasteiger partial charge on any atom is 0.309 e. The number of unbranched alkanes of at least 4 members (excludes halogenated alkanes) is 1. The van der Waals surface area contributed by atoms with E-state index in [4.69, 9.17) is 4.74 Å². The molecule has 0 aliphatic heterocycles. The zero-order chi connectivity index (χ0) is 11.9. The summed E-state index contributed by atoms with van der Waals surface area (Å²) in [4.78, 5) is 11.2. The molecule has 90 valence electrons. The van der Waals surface area contributed by atoms with Gasteiger partial charge >= 0.3 is 5.97 Å². The minimum Gasteiger partial charge on any atom is -0.460 e. The first kappa shape index (κ1) is 14.9. The van der Waals surface area contributed by atoms with E-state index >= 15 is 0 Å². The Bertz CT molecular complexity index is 194. The van der Waals surface area contributed by atoms with Crippen molar-refractivity contribution in [3.05, 3.63) is 0 Å². The van der Waals surface area contributed by atoms with E-state index in [1.807, 2.05) is 6.92 Å². The molecule has 15 heavy (non-hydrogen) atoms. The highest BCUT2D eigenvalue weighted by Gasteiger charge is 2.25. The number of esters is 1. The lowest BCUT2D eigenvalue weighted by Gasteiger charge is -2.21. The quantitative estimate of drug-likeness (QED) is 0.421. The topological polar surface area (TPSA) is 66.8 Å². The molecule has 0 aliphatic rings.